The molecule has 0 atom stereocenters. The van der Waals surface area contributed by atoms with E-state index in [-0.39, 0.29) is 5.91 Å². The Morgan fingerprint density at radius 3 is 2.58 bits per heavy atom. The zero-order valence-electron chi connectivity index (χ0n) is 18.3. The van der Waals surface area contributed by atoms with Gasteiger partial charge >= 0.3 is 0 Å². The second-order valence-corrected chi connectivity index (χ2v) is 9.64. The third-order valence-electron chi connectivity index (χ3n) is 6.07. The predicted octanol–water partition coefficient (Wildman–Crippen LogP) is 6.09. The van der Waals surface area contributed by atoms with E-state index in [9.17, 15) is 4.79 Å². The average molecular weight is 437 g/mol. The molecule has 0 unspecified atom stereocenters. The fraction of sp³-hybridized carbons (Fsp3) is 0.480. The molecule has 4 rings (SSSR count). The Balaban J connectivity index is 1.36. The molecule has 2 aromatic heterocycles. The van der Waals surface area contributed by atoms with Crippen molar-refractivity contribution in [1.29, 1.82) is 0 Å². The van der Waals surface area contributed by atoms with Crippen LogP contribution in [0.25, 0.3) is 21.3 Å². The molecule has 2 heterocycles. The van der Waals surface area contributed by atoms with Crippen molar-refractivity contribution in [3.8, 4) is 11.1 Å². The summed E-state index contributed by atoms with van der Waals surface area (Å²) >= 11 is 1.70. The highest BCUT2D eigenvalue weighted by Crippen LogP contribution is 2.40. The molecule has 3 aromatic rings. The molecule has 1 fully saturated rings. The summed E-state index contributed by atoms with van der Waals surface area (Å²) in [6.45, 7) is 2.85. The Kier molecular flexibility index (Phi) is 7.52. The lowest BCUT2D eigenvalue weighted by Crippen LogP contribution is -2.35. The first kappa shape index (κ1) is 21.8. The number of aromatic nitrogens is 2. The van der Waals surface area contributed by atoms with Gasteiger partial charge in [0.15, 0.2) is 0 Å². The Labute approximate surface area is 188 Å². The van der Waals surface area contributed by atoms with Gasteiger partial charge in [-0.05, 0) is 31.7 Å². The number of rotatable bonds is 7. The summed E-state index contributed by atoms with van der Waals surface area (Å²) < 4.78 is 0. The number of fused-ring (bicyclic) bond motifs is 1. The zero-order chi connectivity index (χ0) is 21.5. The second-order valence-electron chi connectivity index (χ2n) is 8.44. The minimum Gasteiger partial charge on any atom is -0.369 e. The van der Waals surface area contributed by atoms with Crippen LogP contribution in [-0.4, -0.2) is 28.5 Å². The topological polar surface area (TPSA) is 66.9 Å². The summed E-state index contributed by atoms with van der Waals surface area (Å²) in [5.41, 5.74) is 2.38. The normalized spacial score (nSPS) is 15.4. The largest absolute Gasteiger partial charge is 0.369 e. The van der Waals surface area contributed by atoms with Gasteiger partial charge in [0.2, 0.25) is 5.91 Å². The van der Waals surface area contributed by atoms with Crippen LogP contribution in [0.1, 0.15) is 62.7 Å². The van der Waals surface area contributed by atoms with Crippen molar-refractivity contribution in [2.45, 2.75) is 70.8 Å². The highest BCUT2D eigenvalue weighted by Gasteiger charge is 2.17. The van der Waals surface area contributed by atoms with Crippen LogP contribution in [-0.2, 0) is 4.79 Å². The maximum Gasteiger partial charge on any atom is 0.220 e. The molecule has 1 aliphatic rings. The van der Waals surface area contributed by atoms with Gasteiger partial charge in [0.05, 0.1) is 5.39 Å². The average Bonchev–Trinajstić information content (AvgIpc) is 3.10. The Hall–Kier alpha value is -2.47. The molecule has 1 saturated carbocycles. The SMILES string of the molecule is Cc1sc2ncnc(NCCCC(=O)NC3CCCCCCC3)c2c1-c1ccccc1. The van der Waals surface area contributed by atoms with E-state index >= 15 is 0 Å². The van der Waals surface area contributed by atoms with Crippen molar-refractivity contribution in [2.75, 3.05) is 11.9 Å². The predicted molar refractivity (Wildman–Crippen MR) is 130 cm³/mol. The Morgan fingerprint density at radius 1 is 1.06 bits per heavy atom. The van der Waals surface area contributed by atoms with Gasteiger partial charge in [-0.2, -0.15) is 0 Å². The van der Waals surface area contributed by atoms with Crippen LogP contribution in [0.3, 0.4) is 0 Å². The van der Waals surface area contributed by atoms with E-state index in [4.69, 9.17) is 0 Å². The molecule has 1 aliphatic carbocycles. The number of anilines is 1. The van der Waals surface area contributed by atoms with E-state index in [0.717, 1.165) is 35.3 Å². The molecule has 31 heavy (non-hydrogen) atoms. The van der Waals surface area contributed by atoms with Gasteiger partial charge in [0, 0.05) is 29.4 Å². The number of nitrogens with one attached hydrogen (secondary N) is 2. The quantitative estimate of drug-likeness (QED) is 0.440. The first-order chi connectivity index (χ1) is 15.2. The second kappa shape index (κ2) is 10.7. The van der Waals surface area contributed by atoms with Crippen molar-refractivity contribution in [2.24, 2.45) is 0 Å². The van der Waals surface area contributed by atoms with Crippen LogP contribution in [0.2, 0.25) is 0 Å². The van der Waals surface area contributed by atoms with Crippen LogP contribution >= 0.6 is 11.3 Å². The van der Waals surface area contributed by atoms with E-state index in [0.29, 0.717) is 19.0 Å². The molecule has 6 heteroatoms. The molecule has 0 aliphatic heterocycles. The number of hydrogen-bond acceptors (Lipinski definition) is 5. The van der Waals surface area contributed by atoms with Crippen LogP contribution in [0.5, 0.6) is 0 Å². The summed E-state index contributed by atoms with van der Waals surface area (Å²) in [6.07, 6.45) is 11.6. The van der Waals surface area contributed by atoms with E-state index in [2.05, 4.69) is 51.8 Å². The van der Waals surface area contributed by atoms with Gasteiger partial charge in [-0.1, -0.05) is 62.4 Å². The molecular formula is C25H32N4OS. The smallest absolute Gasteiger partial charge is 0.220 e. The van der Waals surface area contributed by atoms with Crippen molar-refractivity contribution >= 4 is 33.3 Å². The van der Waals surface area contributed by atoms with E-state index < -0.39 is 0 Å². The molecule has 2 N–H and O–H groups in total. The van der Waals surface area contributed by atoms with Crippen LogP contribution < -0.4 is 10.6 Å². The Morgan fingerprint density at radius 2 is 1.81 bits per heavy atom. The molecule has 1 amide bonds. The van der Waals surface area contributed by atoms with Crippen molar-refractivity contribution in [3.63, 3.8) is 0 Å². The van der Waals surface area contributed by atoms with Crippen LogP contribution in [0.15, 0.2) is 36.7 Å². The summed E-state index contributed by atoms with van der Waals surface area (Å²) in [6, 6.07) is 10.8. The molecule has 1 aromatic carbocycles. The van der Waals surface area contributed by atoms with Gasteiger partial charge in [0.1, 0.15) is 17.0 Å². The van der Waals surface area contributed by atoms with Gasteiger partial charge in [-0.25, -0.2) is 9.97 Å². The minimum atomic E-state index is 0.177. The maximum absolute atomic E-state index is 12.4. The van der Waals surface area contributed by atoms with Crippen LogP contribution in [0.4, 0.5) is 5.82 Å². The number of nitrogens with zero attached hydrogens (tertiary/aromatic N) is 2. The lowest BCUT2D eigenvalue weighted by molar-refractivity contribution is -0.122. The molecule has 0 saturated heterocycles. The van der Waals surface area contributed by atoms with Gasteiger partial charge < -0.3 is 10.6 Å². The van der Waals surface area contributed by atoms with Crippen molar-refractivity contribution in [3.05, 3.63) is 41.5 Å². The number of hydrogen-bond donors (Lipinski definition) is 2. The number of benzene rings is 1. The monoisotopic (exact) mass is 436 g/mol. The molecule has 164 valence electrons. The maximum atomic E-state index is 12.4. The number of thiophene rings is 1. The third kappa shape index (κ3) is 5.62. The summed E-state index contributed by atoms with van der Waals surface area (Å²) in [5.74, 6) is 1.03. The highest BCUT2D eigenvalue weighted by molar-refractivity contribution is 7.19. The third-order valence-corrected chi connectivity index (χ3v) is 7.08. The van der Waals surface area contributed by atoms with Gasteiger partial charge in [-0.15, -0.1) is 11.3 Å². The first-order valence-electron chi connectivity index (χ1n) is 11.5. The van der Waals surface area contributed by atoms with Crippen molar-refractivity contribution in [1.82, 2.24) is 15.3 Å². The summed E-state index contributed by atoms with van der Waals surface area (Å²) in [4.78, 5) is 23.7. The molecule has 5 nitrogen and oxygen atoms in total. The van der Waals surface area contributed by atoms with Crippen molar-refractivity contribution < 1.29 is 4.79 Å². The minimum absolute atomic E-state index is 0.177. The highest BCUT2D eigenvalue weighted by atomic mass is 32.1. The molecular weight excluding hydrogens is 404 g/mol. The molecule has 0 bridgehead atoms. The first-order valence-corrected chi connectivity index (χ1v) is 12.4. The van der Waals surface area contributed by atoms with E-state index in [1.807, 2.05) is 6.07 Å². The van der Waals surface area contributed by atoms with E-state index in [1.54, 1.807) is 17.7 Å². The number of aryl methyl sites for hydroxylation is 1. The fourth-order valence-corrected chi connectivity index (χ4v) is 5.50. The number of carbonyl (C=O) groups is 1. The standard InChI is InChI=1S/C25H32N4OS/c1-18-22(19-11-6-5-7-12-19)23-24(27-17-28-25(23)31-18)26-16-10-15-21(30)29-20-13-8-3-2-4-9-14-20/h5-7,11-12,17,20H,2-4,8-10,13-16H2,1H3,(H,29,30)(H,26,27,28). The summed E-state index contributed by atoms with van der Waals surface area (Å²) in [7, 11) is 0. The molecule has 0 radical (unpaired) electrons. The Bertz CT molecular complexity index is 993. The zero-order valence-corrected chi connectivity index (χ0v) is 19.1. The fourth-order valence-electron chi connectivity index (χ4n) is 4.49. The van der Waals surface area contributed by atoms with Gasteiger partial charge in [0.25, 0.3) is 0 Å². The lowest BCUT2D eigenvalue weighted by Gasteiger charge is -2.21. The number of amides is 1. The van der Waals surface area contributed by atoms with Gasteiger partial charge in [-0.3, -0.25) is 4.79 Å². The molecule has 0 spiro atoms. The summed E-state index contributed by atoms with van der Waals surface area (Å²) in [5, 5.41) is 7.80. The number of carbonyl (C=O) groups excluding carboxylic acids is 1. The van der Waals surface area contributed by atoms with Crippen LogP contribution in [0, 0.1) is 6.92 Å². The van der Waals surface area contributed by atoms with E-state index in [1.165, 1.54) is 48.1 Å². The lowest BCUT2D eigenvalue weighted by atomic mass is 9.96.